The summed E-state index contributed by atoms with van der Waals surface area (Å²) in [5.41, 5.74) is -0.800. The summed E-state index contributed by atoms with van der Waals surface area (Å²) >= 11 is 7.55. The van der Waals surface area contributed by atoms with Gasteiger partial charge in [0.1, 0.15) is 12.1 Å². The van der Waals surface area contributed by atoms with Crippen molar-refractivity contribution in [2.75, 3.05) is 19.6 Å². The lowest BCUT2D eigenvalue weighted by Gasteiger charge is -2.24. The molecule has 0 bridgehead atoms. The number of benzene rings is 1. The first kappa shape index (κ1) is 22.8. The highest BCUT2D eigenvalue weighted by molar-refractivity contribution is 7.09. The number of rotatable bonds is 8. The van der Waals surface area contributed by atoms with Crippen LogP contribution >= 0.6 is 22.9 Å². The van der Waals surface area contributed by atoms with Crippen LogP contribution in [0.5, 0.6) is 0 Å². The van der Waals surface area contributed by atoms with Gasteiger partial charge < -0.3 is 15.5 Å². The van der Waals surface area contributed by atoms with E-state index in [1.807, 2.05) is 17.5 Å². The smallest absolute Gasteiger partial charge is 0.325 e. The number of nitrogens with one attached hydrogen (secondary N) is 2. The van der Waals surface area contributed by atoms with Gasteiger partial charge in [0, 0.05) is 16.4 Å². The molecule has 2 heterocycles. The highest BCUT2D eigenvalue weighted by Gasteiger charge is 2.49. The standard InChI is InChI=1S/C21H23ClN4O4S/c1-3-25(12-17(27)23-11-16-8-5-9-31-16)18(28)13-26-19(29)21(2,24-20(26)30)14-6-4-7-15(22)10-14/h4-10H,3,11-13H2,1-2H3,(H,23,27)(H,24,30). The molecule has 5 amide bonds. The molecule has 31 heavy (non-hydrogen) atoms. The zero-order valence-electron chi connectivity index (χ0n) is 17.2. The van der Waals surface area contributed by atoms with Crippen molar-refractivity contribution >= 4 is 46.7 Å². The molecule has 0 radical (unpaired) electrons. The molecule has 0 spiro atoms. The molecule has 1 unspecified atom stereocenters. The van der Waals surface area contributed by atoms with Crippen molar-refractivity contribution in [3.63, 3.8) is 0 Å². The average Bonchev–Trinajstić information content (AvgIpc) is 3.33. The van der Waals surface area contributed by atoms with Crippen LogP contribution in [-0.2, 0) is 26.5 Å². The SMILES string of the molecule is CCN(CC(=O)NCc1cccs1)C(=O)CN1C(=O)NC(C)(c2cccc(Cl)c2)C1=O. The van der Waals surface area contributed by atoms with Crippen LogP contribution in [0.15, 0.2) is 41.8 Å². The Balaban J connectivity index is 1.63. The Morgan fingerprint density at radius 3 is 2.68 bits per heavy atom. The number of carbonyl (C=O) groups excluding carboxylic acids is 4. The second-order valence-electron chi connectivity index (χ2n) is 7.22. The maximum atomic E-state index is 13.0. The first-order chi connectivity index (χ1) is 14.7. The van der Waals surface area contributed by atoms with Gasteiger partial charge >= 0.3 is 6.03 Å². The summed E-state index contributed by atoms with van der Waals surface area (Å²) in [5, 5.41) is 7.75. The zero-order chi connectivity index (χ0) is 22.6. The lowest BCUT2D eigenvalue weighted by Crippen LogP contribution is -2.47. The van der Waals surface area contributed by atoms with Crippen molar-refractivity contribution in [3.05, 3.63) is 57.2 Å². The first-order valence-corrected chi connectivity index (χ1v) is 11.0. The number of imide groups is 1. The molecule has 1 atom stereocenters. The monoisotopic (exact) mass is 462 g/mol. The quantitative estimate of drug-likeness (QED) is 0.588. The molecular weight excluding hydrogens is 440 g/mol. The minimum absolute atomic E-state index is 0.157. The highest BCUT2D eigenvalue weighted by atomic mass is 35.5. The van der Waals surface area contributed by atoms with Gasteiger partial charge in [-0.15, -0.1) is 11.3 Å². The van der Waals surface area contributed by atoms with Crippen LogP contribution in [0, 0.1) is 0 Å². The number of hydrogen-bond donors (Lipinski definition) is 2. The van der Waals surface area contributed by atoms with Crippen LogP contribution in [0.4, 0.5) is 4.79 Å². The Labute approximate surface area is 189 Å². The second kappa shape index (κ2) is 9.49. The van der Waals surface area contributed by atoms with E-state index >= 15 is 0 Å². The summed E-state index contributed by atoms with van der Waals surface area (Å²) < 4.78 is 0. The summed E-state index contributed by atoms with van der Waals surface area (Å²) in [6.45, 7) is 3.34. The van der Waals surface area contributed by atoms with Gasteiger partial charge in [0.05, 0.1) is 13.1 Å². The molecule has 1 aliphatic rings. The normalized spacial score (nSPS) is 18.1. The molecule has 3 rings (SSSR count). The van der Waals surface area contributed by atoms with E-state index in [0.717, 1.165) is 9.78 Å². The van der Waals surface area contributed by atoms with Gasteiger partial charge in [-0.3, -0.25) is 19.3 Å². The van der Waals surface area contributed by atoms with Crippen LogP contribution in [0.25, 0.3) is 0 Å². The fraction of sp³-hybridized carbons (Fsp3) is 0.333. The Hall–Kier alpha value is -2.91. The van der Waals surface area contributed by atoms with Gasteiger partial charge in [-0.1, -0.05) is 29.8 Å². The molecule has 1 aliphatic heterocycles. The van der Waals surface area contributed by atoms with Crippen molar-refractivity contribution in [1.82, 2.24) is 20.4 Å². The van der Waals surface area contributed by atoms with Crippen molar-refractivity contribution in [3.8, 4) is 0 Å². The highest BCUT2D eigenvalue weighted by Crippen LogP contribution is 2.30. The lowest BCUT2D eigenvalue weighted by atomic mass is 9.92. The van der Waals surface area contributed by atoms with Gasteiger partial charge in [-0.2, -0.15) is 0 Å². The van der Waals surface area contributed by atoms with Crippen LogP contribution in [-0.4, -0.2) is 53.2 Å². The van der Waals surface area contributed by atoms with E-state index in [2.05, 4.69) is 10.6 Å². The third-order valence-electron chi connectivity index (χ3n) is 5.08. The van der Waals surface area contributed by atoms with E-state index in [1.54, 1.807) is 38.1 Å². The average molecular weight is 463 g/mol. The first-order valence-electron chi connectivity index (χ1n) is 9.71. The molecule has 1 fully saturated rings. The molecule has 1 aromatic carbocycles. The van der Waals surface area contributed by atoms with Crippen LogP contribution in [0.1, 0.15) is 24.3 Å². The third kappa shape index (κ3) is 5.05. The molecule has 2 N–H and O–H groups in total. The summed E-state index contributed by atoms with van der Waals surface area (Å²) in [7, 11) is 0. The van der Waals surface area contributed by atoms with E-state index in [4.69, 9.17) is 11.6 Å². The molecule has 164 valence electrons. The maximum Gasteiger partial charge on any atom is 0.325 e. The van der Waals surface area contributed by atoms with E-state index < -0.39 is 29.9 Å². The molecule has 0 saturated carbocycles. The molecule has 1 saturated heterocycles. The molecule has 1 aromatic heterocycles. The molecule has 2 aromatic rings. The number of hydrogen-bond acceptors (Lipinski definition) is 5. The predicted octanol–water partition coefficient (Wildman–Crippen LogP) is 2.33. The molecule has 10 heteroatoms. The van der Waals surface area contributed by atoms with Gasteiger partial charge in [-0.25, -0.2) is 4.79 Å². The minimum Gasteiger partial charge on any atom is -0.350 e. The number of carbonyl (C=O) groups is 4. The van der Waals surface area contributed by atoms with Gasteiger partial charge in [0.15, 0.2) is 0 Å². The van der Waals surface area contributed by atoms with E-state index in [0.29, 0.717) is 17.1 Å². The molecule has 8 nitrogen and oxygen atoms in total. The largest absolute Gasteiger partial charge is 0.350 e. The maximum absolute atomic E-state index is 13.0. The second-order valence-corrected chi connectivity index (χ2v) is 8.69. The lowest BCUT2D eigenvalue weighted by molar-refractivity contribution is -0.140. The van der Waals surface area contributed by atoms with Gasteiger partial charge in [-0.05, 0) is 43.0 Å². The number of urea groups is 1. The summed E-state index contributed by atoms with van der Waals surface area (Å²) in [4.78, 5) is 53.6. The molecular formula is C21H23ClN4O4S. The topological polar surface area (TPSA) is 98.8 Å². The van der Waals surface area contributed by atoms with Crippen LogP contribution in [0.3, 0.4) is 0 Å². The summed E-state index contributed by atoms with van der Waals surface area (Å²) in [6, 6.07) is 9.76. The zero-order valence-corrected chi connectivity index (χ0v) is 18.8. The Morgan fingerprint density at radius 1 is 1.26 bits per heavy atom. The summed E-state index contributed by atoms with van der Waals surface area (Å²) in [5.74, 6) is -1.36. The fourth-order valence-corrected chi connectivity index (χ4v) is 4.11. The number of likely N-dealkylation sites (N-methyl/N-ethyl adjacent to an activating group) is 1. The predicted molar refractivity (Wildman–Crippen MR) is 117 cm³/mol. The van der Waals surface area contributed by atoms with E-state index in [-0.39, 0.29) is 19.0 Å². The number of thiophene rings is 1. The van der Waals surface area contributed by atoms with E-state index in [9.17, 15) is 19.2 Å². The van der Waals surface area contributed by atoms with Crippen molar-refractivity contribution in [2.24, 2.45) is 0 Å². The van der Waals surface area contributed by atoms with Crippen molar-refractivity contribution in [1.29, 1.82) is 0 Å². The van der Waals surface area contributed by atoms with E-state index in [1.165, 1.54) is 16.2 Å². The summed E-state index contributed by atoms with van der Waals surface area (Å²) in [6.07, 6.45) is 0. The third-order valence-corrected chi connectivity index (χ3v) is 6.19. The van der Waals surface area contributed by atoms with Gasteiger partial charge in [0.25, 0.3) is 5.91 Å². The number of amides is 5. The van der Waals surface area contributed by atoms with Gasteiger partial charge in [0.2, 0.25) is 11.8 Å². The molecule has 0 aliphatic carbocycles. The van der Waals surface area contributed by atoms with Crippen LogP contribution < -0.4 is 10.6 Å². The van der Waals surface area contributed by atoms with Crippen molar-refractivity contribution < 1.29 is 19.2 Å². The Kier molecular flexibility index (Phi) is 6.97. The van der Waals surface area contributed by atoms with Crippen molar-refractivity contribution in [2.45, 2.75) is 25.9 Å². The Morgan fingerprint density at radius 2 is 2.03 bits per heavy atom. The van der Waals surface area contributed by atoms with Crippen LogP contribution in [0.2, 0.25) is 5.02 Å². The fourth-order valence-electron chi connectivity index (χ4n) is 3.28. The minimum atomic E-state index is -1.32. The number of nitrogens with zero attached hydrogens (tertiary/aromatic N) is 2. The number of halogens is 1. The Bertz CT molecular complexity index is 997.